The first-order chi connectivity index (χ1) is 8.16. The second-order valence-corrected chi connectivity index (χ2v) is 5.81. The summed E-state index contributed by atoms with van der Waals surface area (Å²) in [5.74, 6) is 3.70. The van der Waals surface area contributed by atoms with E-state index in [0.717, 1.165) is 30.7 Å². The van der Waals surface area contributed by atoms with Crippen molar-refractivity contribution in [3.05, 3.63) is 18.2 Å². The van der Waals surface area contributed by atoms with Gasteiger partial charge in [-0.15, -0.1) is 0 Å². The van der Waals surface area contributed by atoms with Crippen LogP contribution in [-0.2, 0) is 13.5 Å². The largest absolute Gasteiger partial charge is 0.338 e. The molecule has 2 rings (SSSR count). The molecule has 1 saturated carbocycles. The molecule has 3 heteroatoms. The van der Waals surface area contributed by atoms with Gasteiger partial charge in [0, 0.05) is 25.9 Å². The van der Waals surface area contributed by atoms with Crippen molar-refractivity contribution in [1.29, 1.82) is 0 Å². The number of hydrogen-bond donors (Lipinski definition) is 1. The van der Waals surface area contributed by atoms with Crippen molar-refractivity contribution >= 4 is 0 Å². The zero-order valence-corrected chi connectivity index (χ0v) is 11.3. The third kappa shape index (κ3) is 3.32. The van der Waals surface area contributed by atoms with Gasteiger partial charge >= 0.3 is 0 Å². The SMILES string of the molecule is CC(C)CNCC1CCC1Cc1nccn1C. The molecule has 1 fully saturated rings. The average molecular weight is 235 g/mol. The molecule has 17 heavy (non-hydrogen) atoms. The van der Waals surface area contributed by atoms with Crippen LogP contribution in [0, 0.1) is 17.8 Å². The quantitative estimate of drug-likeness (QED) is 0.819. The Hall–Kier alpha value is -0.830. The van der Waals surface area contributed by atoms with Gasteiger partial charge in [0.25, 0.3) is 0 Å². The minimum Gasteiger partial charge on any atom is -0.338 e. The Labute approximate surface area is 105 Å². The molecule has 0 bridgehead atoms. The molecule has 0 radical (unpaired) electrons. The van der Waals surface area contributed by atoms with Crippen LogP contribution in [0.5, 0.6) is 0 Å². The zero-order chi connectivity index (χ0) is 12.3. The molecule has 0 saturated heterocycles. The van der Waals surface area contributed by atoms with Gasteiger partial charge in [-0.05, 0) is 43.7 Å². The Kier molecular flexibility index (Phi) is 4.21. The molecule has 3 nitrogen and oxygen atoms in total. The normalized spacial score (nSPS) is 24.0. The standard InChI is InChI=1S/C14H25N3/c1-11(2)9-15-10-13-5-4-12(13)8-14-16-6-7-17(14)3/h6-7,11-13,15H,4-5,8-10H2,1-3H3. The van der Waals surface area contributed by atoms with E-state index in [9.17, 15) is 0 Å². The number of rotatable bonds is 6. The van der Waals surface area contributed by atoms with Gasteiger partial charge in [-0.2, -0.15) is 0 Å². The van der Waals surface area contributed by atoms with Crippen molar-refractivity contribution in [2.24, 2.45) is 24.8 Å². The molecule has 0 aromatic carbocycles. The minimum absolute atomic E-state index is 0.753. The smallest absolute Gasteiger partial charge is 0.108 e. The van der Waals surface area contributed by atoms with Crippen LogP contribution in [0.25, 0.3) is 0 Å². The van der Waals surface area contributed by atoms with Crippen molar-refractivity contribution in [2.75, 3.05) is 13.1 Å². The van der Waals surface area contributed by atoms with E-state index in [0.29, 0.717) is 0 Å². The molecule has 0 spiro atoms. The third-order valence-corrected chi connectivity index (χ3v) is 3.90. The molecule has 1 aliphatic rings. The fraction of sp³-hybridized carbons (Fsp3) is 0.786. The highest BCUT2D eigenvalue weighted by Crippen LogP contribution is 2.35. The Morgan fingerprint density at radius 3 is 2.71 bits per heavy atom. The highest BCUT2D eigenvalue weighted by atomic mass is 15.0. The number of aromatic nitrogens is 2. The van der Waals surface area contributed by atoms with E-state index in [4.69, 9.17) is 0 Å². The maximum absolute atomic E-state index is 4.42. The highest BCUT2D eigenvalue weighted by molar-refractivity contribution is 4.96. The number of nitrogens with zero attached hydrogens (tertiary/aromatic N) is 2. The van der Waals surface area contributed by atoms with Crippen LogP contribution >= 0.6 is 0 Å². The molecule has 0 amide bonds. The van der Waals surface area contributed by atoms with Crippen molar-refractivity contribution in [3.63, 3.8) is 0 Å². The molecule has 1 aromatic heterocycles. The number of aryl methyl sites for hydroxylation is 1. The highest BCUT2D eigenvalue weighted by Gasteiger charge is 2.31. The second kappa shape index (κ2) is 5.67. The maximum atomic E-state index is 4.42. The van der Waals surface area contributed by atoms with Gasteiger partial charge in [0.2, 0.25) is 0 Å². The lowest BCUT2D eigenvalue weighted by atomic mass is 9.71. The predicted molar refractivity (Wildman–Crippen MR) is 70.8 cm³/mol. The summed E-state index contributed by atoms with van der Waals surface area (Å²) in [6.45, 7) is 6.86. The fourth-order valence-electron chi connectivity index (χ4n) is 2.56. The summed E-state index contributed by atoms with van der Waals surface area (Å²) in [7, 11) is 2.09. The van der Waals surface area contributed by atoms with Crippen LogP contribution in [0.2, 0.25) is 0 Å². The zero-order valence-electron chi connectivity index (χ0n) is 11.3. The molecule has 1 heterocycles. The molecule has 96 valence electrons. The molecule has 2 atom stereocenters. The monoisotopic (exact) mass is 235 g/mol. The Balaban J connectivity index is 1.73. The maximum Gasteiger partial charge on any atom is 0.108 e. The molecule has 2 unspecified atom stereocenters. The van der Waals surface area contributed by atoms with E-state index >= 15 is 0 Å². The van der Waals surface area contributed by atoms with Gasteiger partial charge in [-0.25, -0.2) is 4.98 Å². The first-order valence-corrected chi connectivity index (χ1v) is 6.83. The van der Waals surface area contributed by atoms with Crippen molar-refractivity contribution in [1.82, 2.24) is 14.9 Å². The van der Waals surface area contributed by atoms with Crippen LogP contribution in [0.3, 0.4) is 0 Å². The van der Waals surface area contributed by atoms with E-state index in [1.807, 2.05) is 12.4 Å². The summed E-state index contributed by atoms with van der Waals surface area (Å²) in [4.78, 5) is 4.42. The summed E-state index contributed by atoms with van der Waals surface area (Å²) in [6.07, 6.45) is 7.86. The van der Waals surface area contributed by atoms with Gasteiger partial charge in [-0.1, -0.05) is 13.8 Å². The van der Waals surface area contributed by atoms with Crippen LogP contribution in [0.4, 0.5) is 0 Å². The molecular weight excluding hydrogens is 210 g/mol. The topological polar surface area (TPSA) is 29.9 Å². The van der Waals surface area contributed by atoms with Crippen LogP contribution in [0.15, 0.2) is 12.4 Å². The van der Waals surface area contributed by atoms with Crippen molar-refractivity contribution in [3.8, 4) is 0 Å². The predicted octanol–water partition coefficient (Wildman–Crippen LogP) is 2.23. The van der Waals surface area contributed by atoms with E-state index in [1.54, 1.807) is 0 Å². The first kappa shape index (κ1) is 12.6. The lowest BCUT2D eigenvalue weighted by Crippen LogP contribution is -2.37. The fourth-order valence-corrected chi connectivity index (χ4v) is 2.56. The lowest BCUT2D eigenvalue weighted by molar-refractivity contribution is 0.166. The summed E-state index contributed by atoms with van der Waals surface area (Å²) < 4.78 is 2.15. The lowest BCUT2D eigenvalue weighted by Gasteiger charge is -2.37. The summed E-state index contributed by atoms with van der Waals surface area (Å²) >= 11 is 0. The number of nitrogens with one attached hydrogen (secondary N) is 1. The Bertz CT molecular complexity index is 343. The van der Waals surface area contributed by atoms with E-state index in [1.165, 1.54) is 25.2 Å². The molecule has 1 aromatic rings. The first-order valence-electron chi connectivity index (χ1n) is 6.83. The number of imidazole rings is 1. The van der Waals surface area contributed by atoms with Crippen LogP contribution in [0.1, 0.15) is 32.5 Å². The van der Waals surface area contributed by atoms with E-state index in [-0.39, 0.29) is 0 Å². The second-order valence-electron chi connectivity index (χ2n) is 5.81. The van der Waals surface area contributed by atoms with Gasteiger partial charge < -0.3 is 9.88 Å². The van der Waals surface area contributed by atoms with Gasteiger partial charge in [0.05, 0.1) is 0 Å². The van der Waals surface area contributed by atoms with Crippen molar-refractivity contribution in [2.45, 2.75) is 33.1 Å². The van der Waals surface area contributed by atoms with Crippen LogP contribution < -0.4 is 5.32 Å². The van der Waals surface area contributed by atoms with Crippen LogP contribution in [-0.4, -0.2) is 22.6 Å². The third-order valence-electron chi connectivity index (χ3n) is 3.90. The van der Waals surface area contributed by atoms with Gasteiger partial charge in [-0.3, -0.25) is 0 Å². The molecular formula is C14H25N3. The molecule has 1 aliphatic carbocycles. The Morgan fingerprint density at radius 2 is 2.18 bits per heavy atom. The number of hydrogen-bond acceptors (Lipinski definition) is 2. The van der Waals surface area contributed by atoms with Gasteiger partial charge in [0.15, 0.2) is 0 Å². The average Bonchev–Trinajstić information content (AvgIpc) is 2.65. The van der Waals surface area contributed by atoms with Gasteiger partial charge in [0.1, 0.15) is 5.82 Å². The molecule has 0 aliphatic heterocycles. The van der Waals surface area contributed by atoms with Crippen molar-refractivity contribution < 1.29 is 0 Å². The molecule has 1 N–H and O–H groups in total. The summed E-state index contributed by atoms with van der Waals surface area (Å²) in [5, 5.41) is 3.58. The van der Waals surface area contributed by atoms with E-state index < -0.39 is 0 Å². The Morgan fingerprint density at radius 1 is 1.41 bits per heavy atom. The minimum atomic E-state index is 0.753. The summed E-state index contributed by atoms with van der Waals surface area (Å²) in [5.41, 5.74) is 0. The van der Waals surface area contributed by atoms with E-state index in [2.05, 4.69) is 35.8 Å². The summed E-state index contributed by atoms with van der Waals surface area (Å²) in [6, 6.07) is 0.